The Hall–Kier alpha value is -3.42. The minimum absolute atomic E-state index is 0.166. The molecule has 0 amide bonds. The number of ether oxygens (including phenoxy) is 1. The number of nitrogens with zero attached hydrogens (tertiary/aromatic N) is 2. The topological polar surface area (TPSA) is 131 Å². The van der Waals surface area contributed by atoms with E-state index in [1.165, 1.54) is 12.1 Å². The highest BCUT2D eigenvalue weighted by atomic mass is 35.5. The predicted molar refractivity (Wildman–Crippen MR) is 118 cm³/mol. The van der Waals surface area contributed by atoms with Gasteiger partial charge < -0.3 is 15.2 Å². The molecule has 3 aromatic rings. The van der Waals surface area contributed by atoms with Gasteiger partial charge >= 0.3 is 12.1 Å². The van der Waals surface area contributed by atoms with E-state index in [4.69, 9.17) is 21.4 Å². The zero-order chi connectivity index (χ0) is 25.4. The number of aromatic carboxylic acids is 1. The number of nitrogens with one attached hydrogen (secondary N) is 2. The first-order valence-electron chi connectivity index (χ1n) is 9.92. The van der Waals surface area contributed by atoms with E-state index >= 15 is 0 Å². The SMILES string of the molecule is O=C(O)c1cccc(S(=O)(=O)Nc2nc(Cl)c(C(F)(F)F)c(OC3CNCc4ccccc43)n2)c1. The molecule has 2 heterocycles. The van der Waals surface area contributed by atoms with E-state index in [2.05, 4.69) is 15.3 Å². The van der Waals surface area contributed by atoms with Gasteiger partial charge in [-0.3, -0.25) is 0 Å². The summed E-state index contributed by atoms with van der Waals surface area (Å²) >= 11 is 5.80. The maximum absolute atomic E-state index is 13.8. The van der Waals surface area contributed by atoms with Gasteiger partial charge in [-0.15, -0.1) is 0 Å². The number of carboxylic acid groups (broad SMARTS) is 1. The number of rotatable bonds is 6. The van der Waals surface area contributed by atoms with Gasteiger partial charge in [0.05, 0.1) is 10.5 Å². The first kappa shape index (κ1) is 24.7. The molecule has 2 aromatic carbocycles. The minimum Gasteiger partial charge on any atom is -0.478 e. The first-order valence-corrected chi connectivity index (χ1v) is 11.8. The molecule has 1 unspecified atom stereocenters. The summed E-state index contributed by atoms with van der Waals surface area (Å²) in [5, 5.41) is 11.0. The molecule has 1 aliphatic rings. The van der Waals surface area contributed by atoms with Crippen LogP contribution in [-0.4, -0.2) is 36.0 Å². The molecule has 0 aliphatic carbocycles. The van der Waals surface area contributed by atoms with Crippen LogP contribution >= 0.6 is 11.6 Å². The fourth-order valence-electron chi connectivity index (χ4n) is 3.46. The van der Waals surface area contributed by atoms with Gasteiger partial charge in [0.15, 0.2) is 10.7 Å². The van der Waals surface area contributed by atoms with Crippen molar-refractivity contribution in [1.82, 2.24) is 15.3 Å². The van der Waals surface area contributed by atoms with Gasteiger partial charge in [0, 0.05) is 13.1 Å². The van der Waals surface area contributed by atoms with Crippen LogP contribution in [0.3, 0.4) is 0 Å². The number of hydrogen-bond acceptors (Lipinski definition) is 7. The maximum atomic E-state index is 13.8. The van der Waals surface area contributed by atoms with Gasteiger partial charge in [0.1, 0.15) is 6.10 Å². The molecule has 35 heavy (non-hydrogen) atoms. The van der Waals surface area contributed by atoms with Crippen molar-refractivity contribution >= 4 is 33.5 Å². The first-order chi connectivity index (χ1) is 16.5. The van der Waals surface area contributed by atoms with E-state index < -0.39 is 55.7 Å². The van der Waals surface area contributed by atoms with Gasteiger partial charge in [-0.25, -0.2) is 17.9 Å². The van der Waals surface area contributed by atoms with Crippen molar-refractivity contribution in [1.29, 1.82) is 0 Å². The quantitative estimate of drug-likeness (QED) is 0.411. The molecule has 0 radical (unpaired) electrons. The minimum atomic E-state index is -5.00. The van der Waals surface area contributed by atoms with Crippen LogP contribution in [0, 0.1) is 0 Å². The number of hydrogen-bond donors (Lipinski definition) is 3. The molecular weight excluding hydrogens is 513 g/mol. The molecule has 1 aromatic heterocycles. The van der Waals surface area contributed by atoms with Crippen molar-refractivity contribution in [3.63, 3.8) is 0 Å². The molecule has 0 fully saturated rings. The molecular formula is C21H16ClF3N4O5S. The Morgan fingerprint density at radius 1 is 1.17 bits per heavy atom. The summed E-state index contributed by atoms with van der Waals surface area (Å²) in [5.41, 5.74) is -0.316. The molecule has 0 bridgehead atoms. The second-order valence-electron chi connectivity index (χ2n) is 7.39. The summed E-state index contributed by atoms with van der Waals surface area (Å²) in [6.45, 7) is 0.659. The van der Waals surface area contributed by atoms with Crippen LogP contribution < -0.4 is 14.8 Å². The van der Waals surface area contributed by atoms with Crippen molar-refractivity contribution in [3.05, 3.63) is 75.9 Å². The Morgan fingerprint density at radius 2 is 1.91 bits per heavy atom. The van der Waals surface area contributed by atoms with E-state index in [0.29, 0.717) is 12.1 Å². The number of fused-ring (bicyclic) bond motifs is 1. The van der Waals surface area contributed by atoms with Gasteiger partial charge in [0.2, 0.25) is 11.8 Å². The van der Waals surface area contributed by atoms with Crippen molar-refractivity contribution in [2.24, 2.45) is 0 Å². The molecule has 9 nitrogen and oxygen atoms in total. The third-order valence-electron chi connectivity index (χ3n) is 5.03. The van der Waals surface area contributed by atoms with E-state index in [9.17, 15) is 26.4 Å². The lowest BCUT2D eigenvalue weighted by Gasteiger charge is -2.27. The molecule has 1 aliphatic heterocycles. The molecule has 184 valence electrons. The van der Waals surface area contributed by atoms with Crippen molar-refractivity contribution < 1.29 is 36.2 Å². The van der Waals surface area contributed by atoms with Crippen LogP contribution in [-0.2, 0) is 22.7 Å². The van der Waals surface area contributed by atoms with Crippen LogP contribution in [0.15, 0.2) is 53.4 Å². The molecule has 4 rings (SSSR count). The third kappa shape index (κ3) is 5.31. The maximum Gasteiger partial charge on any atom is 0.424 e. The standard InChI is InChI=1S/C21H16ClF3N4O5S/c22-17-16(21(23,24)25)18(34-15-10-26-9-12-4-1-2-7-14(12)15)28-20(27-17)29-35(32,33)13-6-3-5-11(8-13)19(30)31/h1-8,15,26H,9-10H2,(H,30,31)(H,27,28,29). The third-order valence-corrected chi connectivity index (χ3v) is 6.63. The molecule has 0 saturated heterocycles. The van der Waals surface area contributed by atoms with Crippen LogP contribution in [0.1, 0.15) is 33.2 Å². The summed E-state index contributed by atoms with van der Waals surface area (Å²) < 4.78 is 74.3. The molecule has 14 heteroatoms. The van der Waals surface area contributed by atoms with Gasteiger partial charge in [-0.2, -0.15) is 23.1 Å². The summed E-state index contributed by atoms with van der Waals surface area (Å²) in [6, 6.07) is 11.3. The molecule has 1 atom stereocenters. The number of aromatic nitrogens is 2. The van der Waals surface area contributed by atoms with Crippen LogP contribution in [0.5, 0.6) is 5.88 Å². The lowest BCUT2D eigenvalue weighted by atomic mass is 9.99. The second kappa shape index (κ2) is 9.32. The summed E-state index contributed by atoms with van der Waals surface area (Å²) in [7, 11) is -4.48. The Kier molecular flexibility index (Phi) is 6.58. The zero-order valence-corrected chi connectivity index (χ0v) is 19.1. The van der Waals surface area contributed by atoms with Gasteiger partial charge in [-0.1, -0.05) is 41.9 Å². The fraction of sp³-hybridized carbons (Fsp3) is 0.190. The van der Waals surface area contributed by atoms with Crippen LogP contribution in [0.2, 0.25) is 5.15 Å². The number of halogens is 4. The average Bonchev–Trinajstić information content (AvgIpc) is 2.78. The Labute approximate surface area is 202 Å². The Balaban J connectivity index is 1.73. The monoisotopic (exact) mass is 528 g/mol. The molecule has 0 saturated carbocycles. The number of carboxylic acids is 1. The summed E-state index contributed by atoms with van der Waals surface area (Å²) in [4.78, 5) is 17.8. The number of anilines is 1. The zero-order valence-electron chi connectivity index (χ0n) is 17.5. The molecule has 0 spiro atoms. The van der Waals surface area contributed by atoms with Gasteiger partial charge in [0.25, 0.3) is 10.0 Å². The van der Waals surface area contributed by atoms with Crippen LogP contribution in [0.25, 0.3) is 0 Å². The number of sulfonamides is 1. The molecule has 3 N–H and O–H groups in total. The van der Waals surface area contributed by atoms with E-state index in [0.717, 1.165) is 17.7 Å². The average molecular weight is 529 g/mol. The Morgan fingerprint density at radius 3 is 2.63 bits per heavy atom. The Bertz CT molecular complexity index is 1400. The highest BCUT2D eigenvalue weighted by Crippen LogP contribution is 2.41. The van der Waals surface area contributed by atoms with Crippen LogP contribution in [0.4, 0.5) is 19.1 Å². The smallest absolute Gasteiger partial charge is 0.424 e. The lowest BCUT2D eigenvalue weighted by Crippen LogP contribution is -2.32. The number of carbonyl (C=O) groups is 1. The summed E-state index contributed by atoms with van der Waals surface area (Å²) in [6.07, 6.45) is -5.87. The highest BCUT2D eigenvalue weighted by Gasteiger charge is 2.41. The normalized spacial score (nSPS) is 15.8. The number of alkyl halides is 3. The van der Waals surface area contributed by atoms with E-state index in [1.807, 2.05) is 4.72 Å². The highest BCUT2D eigenvalue weighted by molar-refractivity contribution is 7.92. The van der Waals surface area contributed by atoms with Crippen molar-refractivity contribution in [2.45, 2.75) is 23.7 Å². The predicted octanol–water partition coefficient (Wildman–Crippen LogP) is 3.87. The largest absolute Gasteiger partial charge is 0.478 e. The van der Waals surface area contributed by atoms with Crippen molar-refractivity contribution in [3.8, 4) is 5.88 Å². The lowest BCUT2D eigenvalue weighted by molar-refractivity contribution is -0.139. The van der Waals surface area contributed by atoms with Crippen molar-refractivity contribution in [2.75, 3.05) is 11.3 Å². The van der Waals surface area contributed by atoms with E-state index in [1.54, 1.807) is 24.3 Å². The second-order valence-corrected chi connectivity index (χ2v) is 9.43. The van der Waals surface area contributed by atoms with Gasteiger partial charge in [-0.05, 0) is 29.3 Å². The number of benzene rings is 2. The fourth-order valence-corrected chi connectivity index (χ4v) is 4.71. The van der Waals surface area contributed by atoms with E-state index in [-0.39, 0.29) is 12.1 Å². The summed E-state index contributed by atoms with van der Waals surface area (Å²) in [5.74, 6) is -3.11.